The molecule has 1 aromatic heterocycles. The summed E-state index contributed by atoms with van der Waals surface area (Å²) in [5.74, 6) is -3.60. The second-order valence-electron chi connectivity index (χ2n) is 6.53. The van der Waals surface area contributed by atoms with E-state index in [2.05, 4.69) is 4.98 Å². The zero-order chi connectivity index (χ0) is 20.3. The van der Waals surface area contributed by atoms with E-state index >= 15 is 0 Å². The standard InChI is InChI=1S/C22H17F4NO/c1-14-5-7-15(8-6-14)21(28)13-19(22(24,25)26)18-12-16(23)9-10-17(18)20-4-2-3-11-27-20/h2-12,19H,13H2,1H3. The summed E-state index contributed by atoms with van der Waals surface area (Å²) in [4.78, 5) is 16.6. The molecule has 0 spiro atoms. The number of alkyl halides is 3. The van der Waals surface area contributed by atoms with Gasteiger partial charge in [0.2, 0.25) is 0 Å². The second-order valence-corrected chi connectivity index (χ2v) is 6.53. The van der Waals surface area contributed by atoms with E-state index in [0.717, 1.165) is 17.7 Å². The molecule has 2 nitrogen and oxygen atoms in total. The molecule has 1 atom stereocenters. The third kappa shape index (κ3) is 4.44. The van der Waals surface area contributed by atoms with Gasteiger partial charge in [-0.2, -0.15) is 13.2 Å². The largest absolute Gasteiger partial charge is 0.396 e. The van der Waals surface area contributed by atoms with Gasteiger partial charge in [-0.05, 0) is 42.8 Å². The van der Waals surface area contributed by atoms with Crippen molar-refractivity contribution in [2.45, 2.75) is 25.4 Å². The Hall–Kier alpha value is -3.02. The fourth-order valence-electron chi connectivity index (χ4n) is 3.02. The van der Waals surface area contributed by atoms with Gasteiger partial charge >= 0.3 is 6.18 Å². The van der Waals surface area contributed by atoms with Crippen molar-refractivity contribution < 1.29 is 22.4 Å². The zero-order valence-electron chi connectivity index (χ0n) is 15.0. The minimum absolute atomic E-state index is 0.154. The topological polar surface area (TPSA) is 30.0 Å². The van der Waals surface area contributed by atoms with Crippen molar-refractivity contribution in [3.63, 3.8) is 0 Å². The molecule has 0 aliphatic heterocycles. The van der Waals surface area contributed by atoms with Crippen molar-refractivity contribution >= 4 is 5.78 Å². The van der Waals surface area contributed by atoms with Crippen LogP contribution in [0.1, 0.15) is 33.8 Å². The first-order chi connectivity index (χ1) is 13.3. The molecule has 3 rings (SSSR count). The minimum atomic E-state index is -4.72. The maximum atomic E-state index is 13.9. The van der Waals surface area contributed by atoms with Gasteiger partial charge in [-0.3, -0.25) is 9.78 Å². The molecule has 0 fully saturated rings. The van der Waals surface area contributed by atoms with Gasteiger partial charge in [0.1, 0.15) is 5.82 Å². The van der Waals surface area contributed by atoms with Crippen LogP contribution in [0.3, 0.4) is 0 Å². The number of halogens is 4. The lowest BCUT2D eigenvalue weighted by molar-refractivity contribution is -0.149. The number of aromatic nitrogens is 1. The highest BCUT2D eigenvalue weighted by Gasteiger charge is 2.43. The lowest BCUT2D eigenvalue weighted by Gasteiger charge is -2.23. The number of benzene rings is 2. The lowest BCUT2D eigenvalue weighted by Crippen LogP contribution is -2.24. The molecule has 0 bridgehead atoms. The van der Waals surface area contributed by atoms with Crippen LogP contribution in [0.2, 0.25) is 0 Å². The average molecular weight is 387 g/mol. The molecule has 2 aromatic carbocycles. The Labute approximate surface area is 159 Å². The summed E-state index contributed by atoms with van der Waals surface area (Å²) < 4.78 is 55.5. The van der Waals surface area contributed by atoms with Gasteiger partial charge in [0.25, 0.3) is 0 Å². The Kier molecular flexibility index (Phi) is 5.58. The number of Topliss-reactive ketones (excluding diaryl/α,β-unsaturated/α-hetero) is 1. The fraction of sp³-hybridized carbons (Fsp3) is 0.182. The summed E-state index contributed by atoms with van der Waals surface area (Å²) in [7, 11) is 0. The monoisotopic (exact) mass is 387 g/mol. The van der Waals surface area contributed by atoms with Gasteiger partial charge in [-0.15, -0.1) is 0 Å². The van der Waals surface area contributed by atoms with Gasteiger partial charge in [0, 0.05) is 23.7 Å². The van der Waals surface area contributed by atoms with Gasteiger partial charge in [-0.25, -0.2) is 4.39 Å². The van der Waals surface area contributed by atoms with Crippen LogP contribution < -0.4 is 0 Å². The Morgan fingerprint density at radius 1 is 1.04 bits per heavy atom. The predicted molar refractivity (Wildman–Crippen MR) is 98.6 cm³/mol. The number of hydrogen-bond donors (Lipinski definition) is 0. The molecule has 0 saturated heterocycles. The Balaban J connectivity index is 2.04. The second kappa shape index (κ2) is 7.92. The van der Waals surface area contributed by atoms with E-state index < -0.39 is 30.1 Å². The number of carbonyl (C=O) groups excluding carboxylic acids is 1. The van der Waals surface area contributed by atoms with E-state index in [1.54, 1.807) is 30.3 Å². The third-order valence-electron chi connectivity index (χ3n) is 4.49. The molecule has 0 amide bonds. The van der Waals surface area contributed by atoms with Crippen LogP contribution in [-0.4, -0.2) is 16.9 Å². The number of rotatable bonds is 5. The molecule has 144 valence electrons. The molecular formula is C22H17F4NO. The summed E-state index contributed by atoms with van der Waals surface area (Å²) in [6, 6.07) is 14.3. The first-order valence-electron chi connectivity index (χ1n) is 8.63. The molecule has 28 heavy (non-hydrogen) atoms. The molecule has 0 radical (unpaired) electrons. The molecule has 1 heterocycles. The van der Waals surface area contributed by atoms with Crippen molar-refractivity contribution in [1.82, 2.24) is 4.98 Å². The van der Waals surface area contributed by atoms with Gasteiger partial charge in [-0.1, -0.05) is 35.9 Å². The number of ketones is 1. The number of nitrogens with zero attached hydrogens (tertiary/aromatic N) is 1. The van der Waals surface area contributed by atoms with Crippen molar-refractivity contribution in [1.29, 1.82) is 0 Å². The van der Waals surface area contributed by atoms with Crippen LogP contribution in [0, 0.1) is 12.7 Å². The van der Waals surface area contributed by atoms with Crippen molar-refractivity contribution in [2.75, 3.05) is 0 Å². The van der Waals surface area contributed by atoms with Crippen LogP contribution in [0.15, 0.2) is 66.9 Å². The highest BCUT2D eigenvalue weighted by Crippen LogP contribution is 2.42. The van der Waals surface area contributed by atoms with E-state index in [1.807, 2.05) is 6.92 Å². The maximum absolute atomic E-state index is 13.9. The molecule has 1 unspecified atom stereocenters. The van der Waals surface area contributed by atoms with Crippen LogP contribution >= 0.6 is 0 Å². The SMILES string of the molecule is Cc1ccc(C(=O)CC(c2cc(F)ccc2-c2ccccn2)C(F)(F)F)cc1. The molecule has 0 aliphatic carbocycles. The van der Waals surface area contributed by atoms with Crippen LogP contribution in [-0.2, 0) is 0 Å². The zero-order valence-corrected chi connectivity index (χ0v) is 15.0. The number of aryl methyl sites for hydroxylation is 1. The first kappa shape index (κ1) is 19.7. The van der Waals surface area contributed by atoms with Crippen LogP contribution in [0.4, 0.5) is 17.6 Å². The van der Waals surface area contributed by atoms with Crippen molar-refractivity contribution in [3.8, 4) is 11.3 Å². The highest BCUT2D eigenvalue weighted by atomic mass is 19.4. The van der Waals surface area contributed by atoms with E-state index in [0.29, 0.717) is 0 Å². The number of hydrogen-bond acceptors (Lipinski definition) is 2. The summed E-state index contributed by atoms with van der Waals surface area (Å²) in [6.07, 6.45) is -4.09. The Morgan fingerprint density at radius 3 is 2.36 bits per heavy atom. The van der Waals surface area contributed by atoms with E-state index in [4.69, 9.17) is 0 Å². The van der Waals surface area contributed by atoms with E-state index in [9.17, 15) is 22.4 Å². The van der Waals surface area contributed by atoms with Crippen molar-refractivity contribution in [2.24, 2.45) is 0 Å². The van der Waals surface area contributed by atoms with Gasteiger partial charge < -0.3 is 0 Å². The predicted octanol–water partition coefficient (Wildman–Crippen LogP) is 6.12. The first-order valence-corrected chi connectivity index (χ1v) is 8.63. The van der Waals surface area contributed by atoms with Gasteiger partial charge in [0.05, 0.1) is 11.6 Å². The Bertz CT molecular complexity index is 966. The molecule has 0 aliphatic rings. The van der Waals surface area contributed by atoms with E-state index in [1.165, 1.54) is 24.4 Å². The normalized spacial score (nSPS) is 12.6. The fourth-order valence-corrected chi connectivity index (χ4v) is 3.02. The van der Waals surface area contributed by atoms with E-state index in [-0.39, 0.29) is 22.4 Å². The molecule has 3 aromatic rings. The molecule has 6 heteroatoms. The van der Waals surface area contributed by atoms with Crippen LogP contribution in [0.25, 0.3) is 11.3 Å². The average Bonchev–Trinajstić information content (AvgIpc) is 2.66. The molecule has 0 saturated carbocycles. The van der Waals surface area contributed by atoms with Crippen molar-refractivity contribution in [3.05, 3.63) is 89.4 Å². The molecule has 0 N–H and O–H groups in total. The highest BCUT2D eigenvalue weighted by molar-refractivity contribution is 5.96. The maximum Gasteiger partial charge on any atom is 0.396 e. The summed E-state index contributed by atoms with van der Waals surface area (Å²) in [5.41, 5.74) is 1.23. The van der Waals surface area contributed by atoms with Gasteiger partial charge in [0.15, 0.2) is 5.78 Å². The summed E-state index contributed by atoms with van der Waals surface area (Å²) >= 11 is 0. The third-order valence-corrected chi connectivity index (χ3v) is 4.49. The number of carbonyl (C=O) groups is 1. The quantitative estimate of drug-likeness (QED) is 0.390. The number of pyridine rings is 1. The smallest absolute Gasteiger partial charge is 0.294 e. The summed E-state index contributed by atoms with van der Waals surface area (Å²) in [6.45, 7) is 1.82. The minimum Gasteiger partial charge on any atom is -0.294 e. The van der Waals surface area contributed by atoms with Crippen LogP contribution in [0.5, 0.6) is 0 Å². The Morgan fingerprint density at radius 2 is 1.75 bits per heavy atom. The summed E-state index contributed by atoms with van der Waals surface area (Å²) in [5, 5.41) is 0. The molecular weight excluding hydrogens is 370 g/mol. The lowest BCUT2D eigenvalue weighted by atomic mass is 9.86.